The van der Waals surface area contributed by atoms with Crippen molar-refractivity contribution in [1.29, 1.82) is 0 Å². The molecule has 0 bridgehead atoms. The van der Waals surface area contributed by atoms with Gasteiger partial charge in [-0.2, -0.15) is 0 Å². The molecule has 42 heavy (non-hydrogen) atoms. The molecule has 0 radical (unpaired) electrons. The third-order valence-corrected chi connectivity index (χ3v) is 9.30. The highest BCUT2D eigenvalue weighted by atomic mass is 33.1. The summed E-state index contributed by atoms with van der Waals surface area (Å²) < 4.78 is -1.10. The van der Waals surface area contributed by atoms with Crippen molar-refractivity contribution >= 4 is 69.0 Å². The van der Waals surface area contributed by atoms with Gasteiger partial charge in [-0.15, -0.1) is 0 Å². The van der Waals surface area contributed by atoms with Crippen molar-refractivity contribution in [2.24, 2.45) is 22.2 Å². The zero-order chi connectivity index (χ0) is 32.2. The molecule has 0 aromatic heterocycles. The third kappa shape index (κ3) is 12.0. The normalized spacial score (nSPS) is 24.3. The number of primary amides is 1. The number of amides is 6. The fourth-order valence-electron chi connectivity index (χ4n) is 3.76. The molecule has 17 nitrogen and oxygen atoms in total. The van der Waals surface area contributed by atoms with Crippen LogP contribution in [0.25, 0.3) is 0 Å². The Morgan fingerprint density at radius 3 is 2.29 bits per heavy atom. The van der Waals surface area contributed by atoms with Crippen molar-refractivity contribution in [3.8, 4) is 0 Å². The minimum absolute atomic E-state index is 0.00978. The fourth-order valence-corrected chi connectivity index (χ4v) is 6.58. The number of aliphatic imine (C=N–C) groups is 1. The molecular formula is C23H39N9O8S2. The molecule has 0 saturated carbocycles. The van der Waals surface area contributed by atoms with E-state index in [4.69, 9.17) is 17.2 Å². The number of carboxylic acid groups (broad SMARTS) is 1. The Balaban J connectivity index is 3.45. The van der Waals surface area contributed by atoms with E-state index in [-0.39, 0.29) is 31.1 Å². The Labute approximate surface area is 250 Å². The predicted octanol–water partition coefficient (Wildman–Crippen LogP) is -3.41. The smallest absolute Gasteiger partial charge is 0.305 e. The minimum Gasteiger partial charge on any atom is -0.481 e. The average molecular weight is 634 g/mol. The number of guanidine groups is 1. The maximum atomic E-state index is 13.2. The molecule has 236 valence electrons. The van der Waals surface area contributed by atoms with Crippen LogP contribution in [0.1, 0.15) is 40.0 Å². The first-order valence-corrected chi connectivity index (χ1v) is 15.1. The van der Waals surface area contributed by atoms with Crippen molar-refractivity contribution in [2.75, 3.05) is 25.9 Å². The lowest BCUT2D eigenvalue weighted by Crippen LogP contribution is -2.60. The lowest BCUT2D eigenvalue weighted by Gasteiger charge is -2.34. The van der Waals surface area contributed by atoms with Crippen LogP contribution in [0.4, 0.5) is 0 Å². The summed E-state index contributed by atoms with van der Waals surface area (Å²) in [7, 11) is 3.35. The largest absolute Gasteiger partial charge is 0.481 e. The molecule has 1 rings (SSSR count). The van der Waals surface area contributed by atoms with Crippen LogP contribution in [0.2, 0.25) is 0 Å². The lowest BCUT2D eigenvalue weighted by atomic mass is 10.0. The summed E-state index contributed by atoms with van der Waals surface area (Å²) >= 11 is 0. The molecular weight excluding hydrogens is 594 g/mol. The Bertz CT molecular complexity index is 1080. The molecule has 4 atom stereocenters. The Morgan fingerprint density at radius 2 is 1.74 bits per heavy atom. The quantitative estimate of drug-likeness (QED) is 0.0562. The summed E-state index contributed by atoms with van der Waals surface area (Å²) in [5.74, 6) is -6.21. The van der Waals surface area contributed by atoms with Gasteiger partial charge in [-0.3, -0.25) is 38.6 Å². The van der Waals surface area contributed by atoms with E-state index in [2.05, 4.69) is 26.3 Å². The predicted molar refractivity (Wildman–Crippen MR) is 157 cm³/mol. The summed E-state index contributed by atoms with van der Waals surface area (Å²) in [5.41, 5.74) is 16.2. The van der Waals surface area contributed by atoms with Crippen LogP contribution in [0.3, 0.4) is 0 Å². The number of carboxylic acids is 1. The van der Waals surface area contributed by atoms with Gasteiger partial charge in [0.15, 0.2) is 5.96 Å². The van der Waals surface area contributed by atoms with Gasteiger partial charge < -0.3 is 48.5 Å². The Hall–Kier alpha value is -3.74. The van der Waals surface area contributed by atoms with Crippen LogP contribution in [0.15, 0.2) is 4.99 Å². The summed E-state index contributed by atoms with van der Waals surface area (Å²) in [6.07, 6.45) is -0.467. The number of nitrogens with two attached hydrogens (primary N) is 3. The third-order valence-electron chi connectivity index (χ3n) is 5.99. The van der Waals surface area contributed by atoms with E-state index in [1.165, 1.54) is 14.0 Å². The number of nitrogens with zero attached hydrogens (tertiary/aromatic N) is 2. The molecule has 0 spiro atoms. The molecule has 6 amide bonds. The molecule has 0 aromatic rings. The molecule has 0 unspecified atom stereocenters. The highest BCUT2D eigenvalue weighted by Crippen LogP contribution is 2.38. The molecule has 19 heteroatoms. The van der Waals surface area contributed by atoms with E-state index < -0.39 is 83.3 Å². The second kappa shape index (κ2) is 16.6. The number of carbonyl (C=O) groups excluding carboxylic acids is 6. The number of hydrogen-bond acceptors (Lipinski definition) is 10. The molecule has 1 heterocycles. The van der Waals surface area contributed by atoms with Gasteiger partial charge in [0, 0.05) is 31.0 Å². The summed E-state index contributed by atoms with van der Waals surface area (Å²) in [5, 5.41) is 19.3. The van der Waals surface area contributed by atoms with E-state index in [1.54, 1.807) is 13.8 Å². The molecule has 1 fully saturated rings. The molecule has 1 aliphatic rings. The van der Waals surface area contributed by atoms with Crippen LogP contribution in [-0.4, -0.2) is 112 Å². The van der Waals surface area contributed by atoms with Crippen LogP contribution in [0, 0.1) is 0 Å². The van der Waals surface area contributed by atoms with Crippen molar-refractivity contribution < 1.29 is 38.7 Å². The van der Waals surface area contributed by atoms with Crippen molar-refractivity contribution in [2.45, 2.75) is 68.9 Å². The van der Waals surface area contributed by atoms with Gasteiger partial charge in [-0.1, -0.05) is 21.6 Å². The molecule has 1 aliphatic heterocycles. The second-order valence-electron chi connectivity index (χ2n) is 9.91. The SMILES string of the molecule is CC(=O)N[C@H]1CSSC(C)(C)[C@@H](C(N)=O)NC(=O)[C@H](CC(=O)O)N(C)C(=O)CNC(=O)[C@H](CCCN=C(N)N)NC1=O. The average Bonchev–Trinajstić information content (AvgIpc) is 2.87. The summed E-state index contributed by atoms with van der Waals surface area (Å²) in [4.78, 5) is 92.7. The number of rotatable bonds is 8. The Kier molecular flexibility index (Phi) is 14.4. The van der Waals surface area contributed by atoms with Gasteiger partial charge in [0.05, 0.1) is 13.0 Å². The summed E-state index contributed by atoms with van der Waals surface area (Å²) in [6.45, 7) is 3.90. The first-order valence-electron chi connectivity index (χ1n) is 12.7. The van der Waals surface area contributed by atoms with Gasteiger partial charge >= 0.3 is 5.97 Å². The number of nitrogens with one attached hydrogen (secondary N) is 4. The van der Waals surface area contributed by atoms with E-state index in [0.717, 1.165) is 26.5 Å². The topological polar surface area (TPSA) is 281 Å². The minimum atomic E-state index is -1.54. The van der Waals surface area contributed by atoms with E-state index >= 15 is 0 Å². The number of carbonyl (C=O) groups is 7. The Morgan fingerprint density at radius 1 is 1.10 bits per heavy atom. The highest BCUT2D eigenvalue weighted by Gasteiger charge is 2.40. The molecule has 11 N–H and O–H groups in total. The summed E-state index contributed by atoms with van der Waals surface area (Å²) in [6, 6.07) is -5.13. The maximum absolute atomic E-state index is 13.2. The zero-order valence-corrected chi connectivity index (χ0v) is 25.4. The van der Waals surface area contributed by atoms with Crippen molar-refractivity contribution in [1.82, 2.24) is 26.2 Å². The van der Waals surface area contributed by atoms with Crippen LogP contribution >= 0.6 is 21.6 Å². The van der Waals surface area contributed by atoms with Gasteiger partial charge in [0.1, 0.15) is 24.2 Å². The standard InChI is InChI=1S/C23H39N9O8S2/c1-11(33)29-13-10-41-42-23(2,3)17(18(24)37)31-21(40)14(8-16(35)36)32(4)15(34)9-28-19(38)12(30-20(13)39)6-5-7-27-22(25)26/h12-14,17H,5-10H2,1-4H3,(H2,24,37)(H,28,38)(H,29,33)(H,30,39)(H,31,40)(H,35,36)(H4,25,26,27)/t12-,13-,14-,17+/m0/s1. The van der Waals surface area contributed by atoms with Crippen LogP contribution in [0.5, 0.6) is 0 Å². The van der Waals surface area contributed by atoms with Crippen molar-refractivity contribution in [3.63, 3.8) is 0 Å². The highest BCUT2D eigenvalue weighted by molar-refractivity contribution is 8.77. The lowest BCUT2D eigenvalue weighted by molar-refractivity contribution is -0.146. The molecule has 1 saturated heterocycles. The van der Waals surface area contributed by atoms with Crippen molar-refractivity contribution in [3.05, 3.63) is 0 Å². The van der Waals surface area contributed by atoms with E-state index in [9.17, 15) is 38.7 Å². The number of hydrogen-bond donors (Lipinski definition) is 8. The first-order chi connectivity index (χ1) is 19.5. The first kappa shape index (κ1) is 36.3. The van der Waals surface area contributed by atoms with Crippen LogP contribution < -0.4 is 38.5 Å². The van der Waals surface area contributed by atoms with E-state index in [1.807, 2.05) is 0 Å². The number of likely N-dealkylation sites (N-methyl/N-ethyl adjacent to an activating group) is 1. The molecule has 0 aliphatic carbocycles. The van der Waals surface area contributed by atoms with Crippen LogP contribution in [-0.2, 0) is 33.6 Å². The molecule has 0 aromatic carbocycles. The van der Waals surface area contributed by atoms with Gasteiger partial charge in [-0.25, -0.2) is 0 Å². The monoisotopic (exact) mass is 633 g/mol. The zero-order valence-electron chi connectivity index (χ0n) is 23.8. The van der Waals surface area contributed by atoms with Gasteiger partial charge in [0.25, 0.3) is 0 Å². The van der Waals surface area contributed by atoms with Gasteiger partial charge in [-0.05, 0) is 26.7 Å². The van der Waals surface area contributed by atoms with E-state index in [0.29, 0.717) is 0 Å². The fraction of sp³-hybridized carbons (Fsp3) is 0.652. The number of aliphatic carboxylic acids is 1. The van der Waals surface area contributed by atoms with Gasteiger partial charge in [0.2, 0.25) is 35.4 Å². The maximum Gasteiger partial charge on any atom is 0.305 e. The second-order valence-corrected chi connectivity index (χ2v) is 12.9.